The number of hydrogen-bond donors (Lipinski definition) is 1. The molecule has 10 nitrogen and oxygen atoms in total. The minimum Gasteiger partial charge on any atom is -0.355 e. The third kappa shape index (κ3) is 8.01. The standard InChI is InChI=1S/C27H29ClN4O6S/c1-3-29-27(34)25(16-20-10-5-4-6-11-20)30(18-21-12-7-8-15-24(21)28)26(33)19-31(39(2,37)38)22-13-9-14-23(17-22)32(35)36/h4-15,17,25H,3,16,18-19H2,1-2H3,(H,29,34)/t25-/m0/s1. The van der Waals surface area contributed by atoms with Crippen molar-refractivity contribution in [2.45, 2.75) is 25.9 Å². The van der Waals surface area contributed by atoms with E-state index in [1.54, 1.807) is 31.2 Å². The summed E-state index contributed by atoms with van der Waals surface area (Å²) in [6.45, 7) is 1.32. The fourth-order valence-electron chi connectivity index (χ4n) is 4.03. The number of non-ortho nitro benzene ring substituents is 1. The number of anilines is 1. The van der Waals surface area contributed by atoms with Crippen LogP contribution in [0, 0.1) is 10.1 Å². The van der Waals surface area contributed by atoms with Gasteiger partial charge in [-0.25, -0.2) is 8.42 Å². The maximum absolute atomic E-state index is 13.9. The molecule has 0 aliphatic carbocycles. The van der Waals surface area contributed by atoms with E-state index in [0.717, 1.165) is 22.2 Å². The van der Waals surface area contributed by atoms with Crippen molar-refractivity contribution in [2.24, 2.45) is 0 Å². The molecule has 0 aliphatic heterocycles. The first-order valence-corrected chi connectivity index (χ1v) is 14.3. The number of nitro groups is 1. The fourth-order valence-corrected chi connectivity index (χ4v) is 5.07. The first-order chi connectivity index (χ1) is 18.5. The molecule has 3 aromatic rings. The van der Waals surface area contributed by atoms with Gasteiger partial charge < -0.3 is 10.2 Å². The molecule has 3 rings (SSSR count). The summed E-state index contributed by atoms with van der Waals surface area (Å²) in [5.74, 6) is -1.10. The summed E-state index contributed by atoms with van der Waals surface area (Å²) in [7, 11) is -4.05. The van der Waals surface area contributed by atoms with Gasteiger partial charge in [0.2, 0.25) is 21.8 Å². The van der Waals surface area contributed by atoms with Gasteiger partial charge >= 0.3 is 0 Å². The van der Waals surface area contributed by atoms with Crippen LogP contribution in [0.1, 0.15) is 18.1 Å². The first kappa shape index (κ1) is 29.6. The molecule has 3 aromatic carbocycles. The number of nitrogens with one attached hydrogen (secondary N) is 1. The van der Waals surface area contributed by atoms with Crippen molar-refractivity contribution < 1.29 is 22.9 Å². The summed E-state index contributed by atoms with van der Waals surface area (Å²) in [6.07, 6.45) is 1.07. The van der Waals surface area contributed by atoms with Gasteiger partial charge in [-0.2, -0.15) is 0 Å². The summed E-state index contributed by atoms with van der Waals surface area (Å²) in [5, 5.41) is 14.4. The summed E-state index contributed by atoms with van der Waals surface area (Å²) < 4.78 is 26.3. The maximum atomic E-state index is 13.9. The van der Waals surface area contributed by atoms with Crippen molar-refractivity contribution in [3.63, 3.8) is 0 Å². The van der Waals surface area contributed by atoms with E-state index in [1.807, 2.05) is 30.3 Å². The van der Waals surface area contributed by atoms with Crippen LogP contribution in [-0.4, -0.2) is 55.4 Å². The maximum Gasteiger partial charge on any atom is 0.271 e. The average Bonchev–Trinajstić information content (AvgIpc) is 2.90. The summed E-state index contributed by atoms with van der Waals surface area (Å²) in [6, 6.07) is 20.0. The Kier molecular flexibility index (Phi) is 10.0. The van der Waals surface area contributed by atoms with E-state index < -0.39 is 39.3 Å². The molecule has 39 heavy (non-hydrogen) atoms. The molecule has 0 bridgehead atoms. The van der Waals surface area contributed by atoms with Crippen LogP contribution in [0.2, 0.25) is 5.02 Å². The van der Waals surface area contributed by atoms with Gasteiger partial charge in [0.15, 0.2) is 0 Å². The van der Waals surface area contributed by atoms with E-state index in [0.29, 0.717) is 17.1 Å². The van der Waals surface area contributed by atoms with Crippen LogP contribution >= 0.6 is 11.6 Å². The molecule has 1 N–H and O–H groups in total. The lowest BCUT2D eigenvalue weighted by atomic mass is 10.0. The molecule has 0 spiro atoms. The molecule has 2 amide bonds. The van der Waals surface area contributed by atoms with Crippen molar-refractivity contribution in [1.29, 1.82) is 0 Å². The topological polar surface area (TPSA) is 130 Å². The Morgan fingerprint density at radius 2 is 1.69 bits per heavy atom. The highest BCUT2D eigenvalue weighted by Crippen LogP contribution is 2.25. The molecule has 1 atom stereocenters. The van der Waals surface area contributed by atoms with Gasteiger partial charge in [0, 0.05) is 36.7 Å². The van der Waals surface area contributed by atoms with Crippen molar-refractivity contribution >= 4 is 44.8 Å². The molecule has 12 heteroatoms. The van der Waals surface area contributed by atoms with E-state index in [1.165, 1.54) is 23.1 Å². The number of benzene rings is 3. The molecule has 206 valence electrons. The SMILES string of the molecule is CCNC(=O)[C@H](Cc1ccccc1)N(Cc1ccccc1Cl)C(=O)CN(c1cccc([N+](=O)[O-])c1)S(C)(=O)=O. The van der Waals surface area contributed by atoms with Gasteiger partial charge in [0.05, 0.1) is 16.9 Å². The zero-order valence-electron chi connectivity index (χ0n) is 21.5. The zero-order chi connectivity index (χ0) is 28.6. The predicted octanol–water partition coefficient (Wildman–Crippen LogP) is 3.79. The summed E-state index contributed by atoms with van der Waals surface area (Å²) in [4.78, 5) is 39.2. The Bertz CT molecular complexity index is 1430. The second kappa shape index (κ2) is 13.2. The Balaban J connectivity index is 2.07. The van der Waals surface area contributed by atoms with Crippen molar-refractivity contribution in [1.82, 2.24) is 10.2 Å². The second-order valence-electron chi connectivity index (χ2n) is 8.76. The molecule has 0 saturated carbocycles. The Morgan fingerprint density at radius 1 is 1.03 bits per heavy atom. The van der Waals surface area contributed by atoms with Gasteiger partial charge in [-0.15, -0.1) is 0 Å². The number of nitrogens with zero attached hydrogens (tertiary/aromatic N) is 3. The number of likely N-dealkylation sites (N-methyl/N-ethyl adjacent to an activating group) is 1. The number of nitro benzene ring substituents is 1. The highest BCUT2D eigenvalue weighted by Gasteiger charge is 2.33. The minimum absolute atomic E-state index is 0.0460. The quantitative estimate of drug-likeness (QED) is 0.260. The molecular weight excluding hydrogens is 544 g/mol. The second-order valence-corrected chi connectivity index (χ2v) is 11.1. The van der Waals surface area contributed by atoms with E-state index in [4.69, 9.17) is 11.6 Å². The van der Waals surface area contributed by atoms with Crippen molar-refractivity contribution in [2.75, 3.05) is 23.7 Å². The van der Waals surface area contributed by atoms with Crippen molar-refractivity contribution in [3.8, 4) is 0 Å². The highest BCUT2D eigenvalue weighted by molar-refractivity contribution is 7.92. The normalized spacial score (nSPS) is 11.9. The molecule has 0 radical (unpaired) electrons. The van der Waals surface area contributed by atoms with Gasteiger partial charge in [-0.3, -0.25) is 24.0 Å². The number of sulfonamides is 1. The Labute approximate surface area is 232 Å². The minimum atomic E-state index is -4.05. The largest absolute Gasteiger partial charge is 0.355 e. The first-order valence-electron chi connectivity index (χ1n) is 12.1. The summed E-state index contributed by atoms with van der Waals surface area (Å²) >= 11 is 6.39. The number of hydrogen-bond acceptors (Lipinski definition) is 6. The van der Waals surface area contributed by atoms with Gasteiger partial charge in [-0.1, -0.05) is 66.2 Å². The van der Waals surface area contributed by atoms with Gasteiger partial charge in [-0.05, 0) is 30.2 Å². The lowest BCUT2D eigenvalue weighted by molar-refractivity contribution is -0.384. The zero-order valence-corrected chi connectivity index (χ0v) is 23.1. The van der Waals surface area contributed by atoms with Crippen molar-refractivity contribution in [3.05, 3.63) is 105 Å². The molecule has 0 saturated heterocycles. The smallest absolute Gasteiger partial charge is 0.271 e. The van der Waals surface area contributed by atoms with E-state index >= 15 is 0 Å². The Morgan fingerprint density at radius 3 is 2.31 bits per heavy atom. The van der Waals surface area contributed by atoms with Crippen LogP contribution in [0.4, 0.5) is 11.4 Å². The molecule has 0 fully saturated rings. The molecule has 0 heterocycles. The predicted molar refractivity (Wildman–Crippen MR) is 150 cm³/mol. The van der Waals surface area contributed by atoms with Crippen LogP contribution < -0.4 is 9.62 Å². The number of carbonyl (C=O) groups is 2. The van der Waals surface area contributed by atoms with E-state index in [2.05, 4.69) is 5.32 Å². The number of amides is 2. The van der Waals surface area contributed by atoms with Crippen LogP contribution in [0.5, 0.6) is 0 Å². The van der Waals surface area contributed by atoms with Crippen LogP contribution in [0.15, 0.2) is 78.9 Å². The average molecular weight is 573 g/mol. The highest BCUT2D eigenvalue weighted by atomic mass is 35.5. The van der Waals surface area contributed by atoms with Crippen LogP contribution in [-0.2, 0) is 32.6 Å². The lowest BCUT2D eigenvalue weighted by Gasteiger charge is -2.33. The van der Waals surface area contributed by atoms with E-state index in [-0.39, 0.29) is 24.3 Å². The molecule has 0 unspecified atom stereocenters. The molecule has 0 aliphatic rings. The molecule has 0 aromatic heterocycles. The van der Waals surface area contributed by atoms with Gasteiger partial charge in [0.25, 0.3) is 5.69 Å². The number of rotatable bonds is 12. The number of halogens is 1. The molecular formula is C27H29ClN4O6S. The van der Waals surface area contributed by atoms with Gasteiger partial charge in [0.1, 0.15) is 12.6 Å². The Hall–Kier alpha value is -3.96. The lowest BCUT2D eigenvalue weighted by Crippen LogP contribution is -2.53. The third-order valence-electron chi connectivity index (χ3n) is 5.93. The van der Waals surface area contributed by atoms with E-state index in [9.17, 15) is 28.1 Å². The number of carbonyl (C=O) groups excluding carboxylic acids is 2. The summed E-state index contributed by atoms with van der Waals surface area (Å²) in [5.41, 5.74) is 0.988. The monoisotopic (exact) mass is 572 g/mol. The van der Waals surface area contributed by atoms with Crippen LogP contribution in [0.25, 0.3) is 0 Å². The third-order valence-corrected chi connectivity index (χ3v) is 7.44. The fraction of sp³-hybridized carbons (Fsp3) is 0.259. The van der Waals surface area contributed by atoms with Crippen LogP contribution in [0.3, 0.4) is 0 Å².